The fourth-order valence-electron chi connectivity index (χ4n) is 4.40. The number of aryl methyl sites for hydroxylation is 1. The van der Waals surface area contributed by atoms with Gasteiger partial charge in [-0.15, -0.1) is 0 Å². The first-order valence-corrected chi connectivity index (χ1v) is 10.0. The summed E-state index contributed by atoms with van der Waals surface area (Å²) in [6, 6.07) is 14.5. The lowest BCUT2D eigenvalue weighted by molar-refractivity contribution is -0.132. The van der Waals surface area contributed by atoms with E-state index in [0.717, 1.165) is 48.4 Å². The molecule has 1 saturated heterocycles. The number of para-hydroxylation sites is 1. The predicted molar refractivity (Wildman–Crippen MR) is 108 cm³/mol. The van der Waals surface area contributed by atoms with Crippen molar-refractivity contribution in [3.63, 3.8) is 0 Å². The van der Waals surface area contributed by atoms with Gasteiger partial charge in [-0.2, -0.15) is 0 Å². The number of rotatable bonds is 4. The molecule has 0 spiro atoms. The Morgan fingerprint density at radius 1 is 1.11 bits per heavy atom. The van der Waals surface area contributed by atoms with E-state index in [9.17, 15) is 4.79 Å². The number of nitrogens with zero attached hydrogens (tertiary/aromatic N) is 1. The molecular weight excluding hydrogens is 352 g/mol. The molecule has 1 atom stereocenters. The summed E-state index contributed by atoms with van der Waals surface area (Å²) in [6.45, 7) is 1.99. The van der Waals surface area contributed by atoms with Crippen LogP contribution < -0.4 is 9.47 Å². The summed E-state index contributed by atoms with van der Waals surface area (Å²) >= 11 is 0. The molecule has 0 bridgehead atoms. The Labute approximate surface area is 164 Å². The van der Waals surface area contributed by atoms with Crippen LogP contribution in [0.1, 0.15) is 36.4 Å². The van der Waals surface area contributed by atoms with Crippen LogP contribution in [-0.4, -0.2) is 35.5 Å². The van der Waals surface area contributed by atoms with Crippen LogP contribution in [0.15, 0.2) is 48.7 Å². The Morgan fingerprint density at radius 2 is 1.96 bits per heavy atom. The maximum atomic E-state index is 13.0. The van der Waals surface area contributed by atoms with Gasteiger partial charge in [0.05, 0.1) is 6.04 Å². The van der Waals surface area contributed by atoms with Gasteiger partial charge in [-0.05, 0) is 48.6 Å². The van der Waals surface area contributed by atoms with Crippen molar-refractivity contribution in [2.75, 3.05) is 19.8 Å². The molecule has 28 heavy (non-hydrogen) atoms. The molecule has 2 aromatic carbocycles. The highest BCUT2D eigenvalue weighted by molar-refractivity contribution is 5.84. The SMILES string of the molecule is O=C(CCc1c[nH]c2ccccc12)N1CCC[C@H]1c1ccc2c(c1)OCCO2. The molecule has 5 nitrogen and oxygen atoms in total. The Bertz CT molecular complexity index is 1010. The third-order valence-electron chi connectivity index (χ3n) is 5.81. The van der Waals surface area contributed by atoms with Crippen molar-refractivity contribution in [2.45, 2.75) is 31.7 Å². The summed E-state index contributed by atoms with van der Waals surface area (Å²) in [5, 5.41) is 1.21. The number of likely N-dealkylation sites (tertiary alicyclic amines) is 1. The average Bonchev–Trinajstić information content (AvgIpc) is 3.39. The van der Waals surface area contributed by atoms with Crippen molar-refractivity contribution >= 4 is 16.8 Å². The van der Waals surface area contributed by atoms with Crippen molar-refractivity contribution < 1.29 is 14.3 Å². The molecule has 1 fully saturated rings. The third-order valence-corrected chi connectivity index (χ3v) is 5.81. The minimum Gasteiger partial charge on any atom is -0.486 e. The van der Waals surface area contributed by atoms with Crippen LogP contribution in [0.2, 0.25) is 0 Å². The number of fused-ring (bicyclic) bond motifs is 2. The van der Waals surface area contributed by atoms with Gasteiger partial charge in [0.25, 0.3) is 0 Å². The lowest BCUT2D eigenvalue weighted by atomic mass is 10.0. The Morgan fingerprint density at radius 3 is 2.89 bits per heavy atom. The molecule has 2 aliphatic rings. The van der Waals surface area contributed by atoms with Crippen LogP contribution in [0.4, 0.5) is 0 Å². The topological polar surface area (TPSA) is 54.6 Å². The van der Waals surface area contributed by atoms with Gasteiger partial charge in [0, 0.05) is 30.1 Å². The molecule has 5 rings (SSSR count). The zero-order valence-corrected chi connectivity index (χ0v) is 15.8. The first-order chi connectivity index (χ1) is 13.8. The van der Waals surface area contributed by atoms with E-state index < -0.39 is 0 Å². The van der Waals surface area contributed by atoms with E-state index in [2.05, 4.69) is 23.2 Å². The second kappa shape index (κ2) is 7.23. The Balaban J connectivity index is 1.30. The van der Waals surface area contributed by atoms with Crippen LogP contribution in [0.5, 0.6) is 11.5 Å². The summed E-state index contributed by atoms with van der Waals surface area (Å²) in [4.78, 5) is 18.3. The summed E-state index contributed by atoms with van der Waals surface area (Å²) < 4.78 is 11.3. The van der Waals surface area contributed by atoms with Crippen molar-refractivity contribution in [1.82, 2.24) is 9.88 Å². The summed E-state index contributed by atoms with van der Waals surface area (Å²) in [7, 11) is 0. The lowest BCUT2D eigenvalue weighted by Gasteiger charge is -2.27. The predicted octanol–water partition coefficient (Wildman–Crippen LogP) is 4.24. The molecule has 0 radical (unpaired) electrons. The average molecular weight is 376 g/mol. The van der Waals surface area contributed by atoms with E-state index in [0.29, 0.717) is 19.6 Å². The number of nitrogens with one attached hydrogen (secondary N) is 1. The maximum Gasteiger partial charge on any atom is 0.223 e. The zero-order valence-electron chi connectivity index (χ0n) is 15.8. The quantitative estimate of drug-likeness (QED) is 0.741. The highest BCUT2D eigenvalue weighted by atomic mass is 16.6. The summed E-state index contributed by atoms with van der Waals surface area (Å²) in [6.07, 6.45) is 5.35. The van der Waals surface area contributed by atoms with E-state index in [4.69, 9.17) is 9.47 Å². The molecule has 0 saturated carbocycles. The molecule has 1 aromatic heterocycles. The minimum absolute atomic E-state index is 0.131. The standard InChI is InChI=1S/C23H24N2O3/c26-23(10-8-17-15-24-19-5-2-1-4-18(17)19)25-11-3-6-20(25)16-7-9-21-22(14-16)28-13-12-27-21/h1-2,4-5,7,9,14-15,20,24H,3,6,8,10-13H2/t20-/m0/s1. The fraction of sp³-hybridized carbons (Fsp3) is 0.348. The Kier molecular flexibility index (Phi) is 4.43. The van der Waals surface area contributed by atoms with Gasteiger partial charge in [0.1, 0.15) is 13.2 Å². The van der Waals surface area contributed by atoms with Gasteiger partial charge in [0.2, 0.25) is 5.91 Å². The zero-order chi connectivity index (χ0) is 18.9. The maximum absolute atomic E-state index is 13.0. The van der Waals surface area contributed by atoms with E-state index in [1.165, 1.54) is 10.9 Å². The molecule has 0 unspecified atom stereocenters. The van der Waals surface area contributed by atoms with E-state index in [1.54, 1.807) is 0 Å². The number of ether oxygens (including phenoxy) is 2. The van der Waals surface area contributed by atoms with Crippen LogP contribution in [0.3, 0.4) is 0 Å². The number of carbonyl (C=O) groups excluding carboxylic acids is 1. The van der Waals surface area contributed by atoms with Gasteiger partial charge in [-0.3, -0.25) is 4.79 Å². The first-order valence-electron chi connectivity index (χ1n) is 10.0. The number of hydrogen-bond donors (Lipinski definition) is 1. The number of hydrogen-bond acceptors (Lipinski definition) is 3. The molecule has 0 aliphatic carbocycles. The largest absolute Gasteiger partial charge is 0.486 e. The molecule has 3 heterocycles. The van der Waals surface area contributed by atoms with E-state index >= 15 is 0 Å². The molecule has 5 heteroatoms. The number of amides is 1. The molecule has 144 valence electrons. The highest BCUT2D eigenvalue weighted by Gasteiger charge is 2.30. The number of H-pyrrole nitrogens is 1. The van der Waals surface area contributed by atoms with Crippen molar-refractivity contribution in [3.05, 3.63) is 59.8 Å². The monoisotopic (exact) mass is 376 g/mol. The molecule has 1 N–H and O–H groups in total. The van der Waals surface area contributed by atoms with Crippen molar-refractivity contribution in [3.8, 4) is 11.5 Å². The summed E-state index contributed by atoms with van der Waals surface area (Å²) in [5.41, 5.74) is 3.47. The second-order valence-electron chi connectivity index (χ2n) is 7.51. The van der Waals surface area contributed by atoms with Crippen LogP contribution in [-0.2, 0) is 11.2 Å². The molecular formula is C23H24N2O3. The minimum atomic E-state index is 0.131. The third kappa shape index (κ3) is 3.11. The second-order valence-corrected chi connectivity index (χ2v) is 7.51. The number of aromatic amines is 1. The van der Waals surface area contributed by atoms with Gasteiger partial charge >= 0.3 is 0 Å². The molecule has 3 aromatic rings. The lowest BCUT2D eigenvalue weighted by Crippen LogP contribution is -2.30. The van der Waals surface area contributed by atoms with Gasteiger partial charge in [0.15, 0.2) is 11.5 Å². The highest BCUT2D eigenvalue weighted by Crippen LogP contribution is 2.38. The summed E-state index contributed by atoms with van der Waals surface area (Å²) in [5.74, 6) is 1.81. The number of carbonyl (C=O) groups is 1. The van der Waals surface area contributed by atoms with Crippen LogP contribution >= 0.6 is 0 Å². The molecule has 2 aliphatic heterocycles. The molecule has 1 amide bonds. The normalized spacial score (nSPS) is 18.6. The van der Waals surface area contributed by atoms with Crippen molar-refractivity contribution in [1.29, 1.82) is 0 Å². The van der Waals surface area contributed by atoms with Crippen molar-refractivity contribution in [2.24, 2.45) is 0 Å². The first kappa shape index (κ1) is 17.2. The smallest absolute Gasteiger partial charge is 0.223 e. The van der Waals surface area contributed by atoms with E-state index in [-0.39, 0.29) is 11.9 Å². The number of aromatic nitrogens is 1. The van der Waals surface area contributed by atoms with Crippen LogP contribution in [0, 0.1) is 0 Å². The Hall–Kier alpha value is -2.95. The van der Waals surface area contributed by atoms with E-state index in [1.807, 2.05) is 35.4 Å². The fourth-order valence-corrected chi connectivity index (χ4v) is 4.40. The van der Waals surface area contributed by atoms with Crippen LogP contribution in [0.25, 0.3) is 10.9 Å². The van der Waals surface area contributed by atoms with Gasteiger partial charge < -0.3 is 19.4 Å². The van der Waals surface area contributed by atoms with Gasteiger partial charge in [-0.25, -0.2) is 0 Å². The number of benzene rings is 2. The van der Waals surface area contributed by atoms with Gasteiger partial charge in [-0.1, -0.05) is 24.3 Å².